The smallest absolute Gasteiger partial charge is 0.343 e. The van der Waals surface area contributed by atoms with Crippen molar-refractivity contribution in [2.24, 2.45) is 5.10 Å². The van der Waals surface area contributed by atoms with E-state index in [1.807, 2.05) is 6.92 Å². The number of rotatable bonds is 11. The van der Waals surface area contributed by atoms with Crippen LogP contribution >= 0.6 is 11.6 Å². The van der Waals surface area contributed by atoms with E-state index in [1.165, 1.54) is 13.3 Å². The van der Waals surface area contributed by atoms with Crippen molar-refractivity contribution >= 4 is 29.7 Å². The van der Waals surface area contributed by atoms with Gasteiger partial charge in [0, 0.05) is 5.02 Å². The maximum absolute atomic E-state index is 12.5. The topological polar surface area (TPSA) is 95.5 Å². The Morgan fingerprint density at radius 2 is 1.81 bits per heavy atom. The Balaban J connectivity index is 1.57. The second kappa shape index (κ2) is 13.2. The fraction of sp³-hybridized carbons (Fsp3) is 0.222. The largest absolute Gasteiger partial charge is 0.494 e. The molecule has 0 aliphatic rings. The Morgan fingerprint density at radius 1 is 1.03 bits per heavy atom. The molecule has 1 N–H and O–H groups in total. The average Bonchev–Trinajstić information content (AvgIpc) is 2.88. The molecule has 1 atom stereocenters. The van der Waals surface area contributed by atoms with Gasteiger partial charge in [-0.15, -0.1) is 0 Å². The predicted molar refractivity (Wildman–Crippen MR) is 137 cm³/mol. The Bertz CT molecular complexity index is 1210. The first kappa shape index (κ1) is 26.6. The highest BCUT2D eigenvalue weighted by atomic mass is 35.5. The molecular formula is C27H27ClN2O6. The molecule has 0 heterocycles. The summed E-state index contributed by atoms with van der Waals surface area (Å²) in [5.74, 6) is 0.780. The van der Waals surface area contributed by atoms with E-state index in [-0.39, 0.29) is 5.75 Å². The Hall–Kier alpha value is -4.04. The number of esters is 1. The summed E-state index contributed by atoms with van der Waals surface area (Å²) in [5.41, 5.74) is 3.42. The lowest BCUT2D eigenvalue weighted by Crippen LogP contribution is -2.33. The summed E-state index contributed by atoms with van der Waals surface area (Å²) in [5, 5.41) is 4.47. The minimum absolute atomic E-state index is 0.249. The number of hydrazone groups is 1. The molecule has 0 aliphatic heterocycles. The number of amides is 1. The standard InChI is InChI=1S/C27H27ClN2O6/c1-4-14-34-22-11-9-20(10-12-22)27(32)36-24-13-8-19(15-25(24)33-3)17-29-30-26(31)18(2)35-23-7-5-6-21(28)16-23/h5-13,15-18H,4,14H2,1-3H3,(H,30,31)/b29-17-/t18-/m1/s1. The fourth-order valence-electron chi connectivity index (χ4n) is 2.97. The molecular weight excluding hydrogens is 484 g/mol. The van der Waals surface area contributed by atoms with Gasteiger partial charge in [-0.2, -0.15) is 5.10 Å². The van der Waals surface area contributed by atoms with Gasteiger partial charge in [0.1, 0.15) is 11.5 Å². The summed E-state index contributed by atoms with van der Waals surface area (Å²) < 4.78 is 21.9. The molecule has 1 amide bonds. The van der Waals surface area contributed by atoms with Crippen molar-refractivity contribution in [3.63, 3.8) is 0 Å². The summed E-state index contributed by atoms with van der Waals surface area (Å²) >= 11 is 5.93. The average molecular weight is 511 g/mol. The van der Waals surface area contributed by atoms with Crippen molar-refractivity contribution in [3.8, 4) is 23.0 Å². The number of nitrogens with one attached hydrogen (secondary N) is 1. The van der Waals surface area contributed by atoms with Crippen LogP contribution in [0.5, 0.6) is 23.0 Å². The normalized spacial score (nSPS) is 11.6. The second-order valence-electron chi connectivity index (χ2n) is 7.62. The predicted octanol–water partition coefficient (Wildman–Crippen LogP) is 5.27. The van der Waals surface area contributed by atoms with Crippen LogP contribution in [-0.4, -0.2) is 37.9 Å². The molecule has 3 aromatic carbocycles. The Kier molecular flexibility index (Phi) is 9.71. The van der Waals surface area contributed by atoms with E-state index in [2.05, 4.69) is 10.5 Å². The first-order valence-corrected chi connectivity index (χ1v) is 11.7. The van der Waals surface area contributed by atoms with Gasteiger partial charge in [0.2, 0.25) is 0 Å². The number of hydrogen-bond acceptors (Lipinski definition) is 7. The third-order valence-corrected chi connectivity index (χ3v) is 5.05. The summed E-state index contributed by atoms with van der Waals surface area (Å²) in [6.45, 7) is 4.23. The molecule has 0 aromatic heterocycles. The van der Waals surface area contributed by atoms with E-state index in [9.17, 15) is 9.59 Å². The molecule has 0 saturated heterocycles. The van der Waals surface area contributed by atoms with Crippen molar-refractivity contribution in [2.75, 3.05) is 13.7 Å². The van der Waals surface area contributed by atoms with Crippen molar-refractivity contribution < 1.29 is 28.5 Å². The number of benzene rings is 3. The van der Waals surface area contributed by atoms with Crippen LogP contribution in [0.2, 0.25) is 5.02 Å². The lowest BCUT2D eigenvalue weighted by molar-refractivity contribution is -0.127. The highest BCUT2D eigenvalue weighted by molar-refractivity contribution is 6.30. The highest BCUT2D eigenvalue weighted by Gasteiger charge is 2.15. The number of halogens is 1. The molecule has 0 saturated carbocycles. The lowest BCUT2D eigenvalue weighted by Gasteiger charge is -2.13. The maximum atomic E-state index is 12.5. The van der Waals surface area contributed by atoms with Crippen molar-refractivity contribution in [3.05, 3.63) is 82.9 Å². The third-order valence-electron chi connectivity index (χ3n) is 4.82. The van der Waals surface area contributed by atoms with E-state index in [1.54, 1.807) is 73.7 Å². The number of ether oxygens (including phenoxy) is 4. The number of hydrogen-bond donors (Lipinski definition) is 1. The highest BCUT2D eigenvalue weighted by Crippen LogP contribution is 2.28. The molecule has 3 aromatic rings. The van der Waals surface area contributed by atoms with E-state index >= 15 is 0 Å². The van der Waals surface area contributed by atoms with Gasteiger partial charge in [0.15, 0.2) is 17.6 Å². The van der Waals surface area contributed by atoms with Gasteiger partial charge in [-0.25, -0.2) is 10.2 Å². The summed E-state index contributed by atoms with van der Waals surface area (Å²) in [6, 6.07) is 18.4. The van der Waals surface area contributed by atoms with Gasteiger partial charge in [-0.3, -0.25) is 4.79 Å². The number of methoxy groups -OCH3 is 1. The van der Waals surface area contributed by atoms with Crippen LogP contribution in [0.3, 0.4) is 0 Å². The minimum Gasteiger partial charge on any atom is -0.494 e. The zero-order valence-electron chi connectivity index (χ0n) is 20.2. The van der Waals surface area contributed by atoms with Crippen LogP contribution in [0, 0.1) is 0 Å². The van der Waals surface area contributed by atoms with Crippen LogP contribution in [-0.2, 0) is 4.79 Å². The summed E-state index contributed by atoms with van der Waals surface area (Å²) in [7, 11) is 1.46. The molecule has 36 heavy (non-hydrogen) atoms. The van der Waals surface area contributed by atoms with Crippen molar-refractivity contribution in [1.29, 1.82) is 0 Å². The van der Waals surface area contributed by atoms with E-state index in [0.29, 0.717) is 40.0 Å². The molecule has 188 valence electrons. The van der Waals surface area contributed by atoms with Crippen LogP contribution in [0.1, 0.15) is 36.2 Å². The van der Waals surface area contributed by atoms with Gasteiger partial charge in [-0.1, -0.05) is 24.6 Å². The Labute approximate surface area is 214 Å². The second-order valence-corrected chi connectivity index (χ2v) is 8.06. The quantitative estimate of drug-likeness (QED) is 0.163. The van der Waals surface area contributed by atoms with E-state index in [4.69, 9.17) is 30.5 Å². The van der Waals surface area contributed by atoms with Crippen LogP contribution in [0.4, 0.5) is 0 Å². The van der Waals surface area contributed by atoms with Crippen LogP contribution < -0.4 is 24.4 Å². The molecule has 3 rings (SSSR count). The van der Waals surface area contributed by atoms with Crippen LogP contribution in [0.25, 0.3) is 0 Å². The number of carbonyl (C=O) groups is 2. The molecule has 0 fully saturated rings. The third kappa shape index (κ3) is 7.74. The van der Waals surface area contributed by atoms with E-state index in [0.717, 1.165) is 6.42 Å². The van der Waals surface area contributed by atoms with Gasteiger partial charge in [0.05, 0.1) is 25.5 Å². The summed E-state index contributed by atoms with van der Waals surface area (Å²) in [4.78, 5) is 24.8. The van der Waals surface area contributed by atoms with E-state index < -0.39 is 18.0 Å². The molecule has 8 nitrogen and oxygen atoms in total. The van der Waals surface area contributed by atoms with Crippen molar-refractivity contribution in [2.45, 2.75) is 26.4 Å². The zero-order chi connectivity index (χ0) is 25.9. The number of carbonyl (C=O) groups excluding carboxylic acids is 2. The van der Waals surface area contributed by atoms with Gasteiger partial charge in [-0.05, 0) is 79.6 Å². The molecule has 0 radical (unpaired) electrons. The van der Waals surface area contributed by atoms with Gasteiger partial charge >= 0.3 is 5.97 Å². The van der Waals surface area contributed by atoms with Crippen LogP contribution in [0.15, 0.2) is 71.8 Å². The van der Waals surface area contributed by atoms with Gasteiger partial charge in [0.25, 0.3) is 5.91 Å². The number of nitrogens with zero attached hydrogens (tertiary/aromatic N) is 1. The SMILES string of the molecule is CCCOc1ccc(C(=O)Oc2ccc(/C=N\NC(=O)[C@@H](C)Oc3cccc(Cl)c3)cc2OC)cc1. The first-order valence-electron chi connectivity index (χ1n) is 11.3. The summed E-state index contributed by atoms with van der Waals surface area (Å²) in [6.07, 6.45) is 1.55. The lowest BCUT2D eigenvalue weighted by atomic mass is 10.2. The fourth-order valence-corrected chi connectivity index (χ4v) is 3.15. The first-order chi connectivity index (χ1) is 17.4. The Morgan fingerprint density at radius 3 is 2.50 bits per heavy atom. The monoisotopic (exact) mass is 510 g/mol. The minimum atomic E-state index is -0.788. The molecule has 0 aliphatic carbocycles. The maximum Gasteiger partial charge on any atom is 0.343 e. The molecule has 0 spiro atoms. The molecule has 0 unspecified atom stereocenters. The van der Waals surface area contributed by atoms with Crippen molar-refractivity contribution in [1.82, 2.24) is 5.43 Å². The molecule has 0 bridgehead atoms. The van der Waals surface area contributed by atoms with Gasteiger partial charge < -0.3 is 18.9 Å². The zero-order valence-corrected chi connectivity index (χ0v) is 21.0. The molecule has 9 heteroatoms.